The summed E-state index contributed by atoms with van der Waals surface area (Å²) in [5, 5.41) is 0. The number of imide groups is 1. The first kappa shape index (κ1) is 19.9. The van der Waals surface area contributed by atoms with Gasteiger partial charge in [0.05, 0.1) is 23.6 Å². The van der Waals surface area contributed by atoms with Crippen LogP contribution in [-0.4, -0.2) is 34.8 Å². The highest BCUT2D eigenvalue weighted by molar-refractivity contribution is 5.99. The molecule has 0 aliphatic carbocycles. The summed E-state index contributed by atoms with van der Waals surface area (Å²) in [6.07, 6.45) is -4.50. The molecule has 1 fully saturated rings. The van der Waals surface area contributed by atoms with E-state index >= 15 is 0 Å². The third kappa shape index (κ3) is 3.48. The number of hydrogen-bond donors (Lipinski definition) is 0. The van der Waals surface area contributed by atoms with Gasteiger partial charge in [0.25, 0.3) is 0 Å². The van der Waals surface area contributed by atoms with Gasteiger partial charge < -0.3 is 4.90 Å². The van der Waals surface area contributed by atoms with E-state index in [0.717, 1.165) is 17.7 Å². The van der Waals surface area contributed by atoms with Gasteiger partial charge in [-0.15, -0.1) is 0 Å². The molecule has 148 valence electrons. The van der Waals surface area contributed by atoms with Crippen LogP contribution in [0.25, 0.3) is 0 Å². The molecule has 0 N–H and O–H groups in total. The quantitative estimate of drug-likeness (QED) is 0.753. The minimum absolute atomic E-state index is 0.224. The second-order valence-corrected chi connectivity index (χ2v) is 7.04. The summed E-state index contributed by atoms with van der Waals surface area (Å²) in [7, 11) is 1.62. The Kier molecular flexibility index (Phi) is 5.19. The van der Waals surface area contributed by atoms with Gasteiger partial charge in [-0.05, 0) is 31.0 Å². The molecule has 2 aromatic carbocycles. The van der Waals surface area contributed by atoms with Crippen LogP contribution in [0.1, 0.15) is 42.5 Å². The molecule has 0 aromatic heterocycles. The topological polar surface area (TPSA) is 40.6 Å². The standard InChI is InChI=1S/C21H21F3N2O2/c1-13(16-10-7-11-17(12-16)21(22,23)24)19(27)26-18(14(2)25(3)20(26)28)15-8-5-4-6-9-15/h4-14,18H,1-3H3/t13-,14+,18+/m0/s1. The van der Waals surface area contributed by atoms with Crippen LogP contribution in [0.5, 0.6) is 0 Å². The number of rotatable bonds is 3. The zero-order valence-corrected chi connectivity index (χ0v) is 15.8. The number of nitrogens with zero attached hydrogens (tertiary/aromatic N) is 2. The van der Waals surface area contributed by atoms with Crippen molar-refractivity contribution >= 4 is 11.9 Å². The van der Waals surface area contributed by atoms with Gasteiger partial charge in [0, 0.05) is 7.05 Å². The average molecular weight is 390 g/mol. The smallest absolute Gasteiger partial charge is 0.322 e. The molecule has 3 amide bonds. The SMILES string of the molecule is C[C@H](C(=O)N1C(=O)N(C)[C@H](C)[C@@H]1c1ccccc1)c1cccc(C(F)(F)F)c1. The van der Waals surface area contributed by atoms with Crippen molar-refractivity contribution in [3.63, 3.8) is 0 Å². The summed E-state index contributed by atoms with van der Waals surface area (Å²) in [5.41, 5.74) is 0.210. The predicted octanol–water partition coefficient (Wildman–Crippen LogP) is 4.83. The van der Waals surface area contributed by atoms with Gasteiger partial charge in [-0.25, -0.2) is 4.79 Å². The zero-order chi connectivity index (χ0) is 20.6. The fourth-order valence-electron chi connectivity index (χ4n) is 3.54. The number of benzene rings is 2. The van der Waals surface area contributed by atoms with Crippen LogP contribution in [0.4, 0.5) is 18.0 Å². The van der Waals surface area contributed by atoms with Crippen LogP contribution in [0.3, 0.4) is 0 Å². The van der Waals surface area contributed by atoms with Crippen molar-refractivity contribution in [3.8, 4) is 0 Å². The van der Waals surface area contributed by atoms with Crippen LogP contribution < -0.4 is 0 Å². The molecule has 0 radical (unpaired) electrons. The van der Waals surface area contributed by atoms with E-state index in [-0.39, 0.29) is 11.6 Å². The second-order valence-electron chi connectivity index (χ2n) is 7.04. The third-order valence-corrected chi connectivity index (χ3v) is 5.32. The minimum Gasteiger partial charge on any atom is -0.322 e. The van der Waals surface area contributed by atoms with Crippen molar-refractivity contribution in [1.82, 2.24) is 9.80 Å². The van der Waals surface area contributed by atoms with E-state index in [4.69, 9.17) is 0 Å². The number of carbonyl (C=O) groups excluding carboxylic acids is 2. The molecule has 0 spiro atoms. The molecule has 3 rings (SSSR count). The lowest BCUT2D eigenvalue weighted by Gasteiger charge is -2.26. The van der Waals surface area contributed by atoms with Crippen LogP contribution in [0.15, 0.2) is 54.6 Å². The van der Waals surface area contributed by atoms with Gasteiger partial charge in [-0.2, -0.15) is 13.2 Å². The Morgan fingerprint density at radius 2 is 1.71 bits per heavy atom. The number of carbonyl (C=O) groups is 2. The lowest BCUT2D eigenvalue weighted by Crippen LogP contribution is -2.38. The molecule has 7 heteroatoms. The van der Waals surface area contributed by atoms with Crippen molar-refractivity contribution in [3.05, 3.63) is 71.3 Å². The van der Waals surface area contributed by atoms with Gasteiger partial charge >= 0.3 is 12.2 Å². The molecular weight excluding hydrogens is 369 g/mol. The highest BCUT2D eigenvalue weighted by atomic mass is 19.4. The highest BCUT2D eigenvalue weighted by Crippen LogP contribution is 2.37. The first-order chi connectivity index (χ1) is 13.1. The Hall–Kier alpha value is -2.83. The van der Waals surface area contributed by atoms with Crippen LogP contribution in [0, 0.1) is 0 Å². The molecule has 0 saturated carbocycles. The first-order valence-corrected chi connectivity index (χ1v) is 8.95. The summed E-state index contributed by atoms with van der Waals surface area (Å²) < 4.78 is 39.1. The van der Waals surface area contributed by atoms with Gasteiger partial charge in [0.1, 0.15) is 0 Å². The summed E-state index contributed by atoms with van der Waals surface area (Å²) in [6.45, 7) is 3.37. The van der Waals surface area contributed by atoms with Crippen molar-refractivity contribution in [2.24, 2.45) is 0 Å². The minimum atomic E-state index is -4.50. The maximum atomic E-state index is 13.2. The maximum absolute atomic E-state index is 13.2. The Bertz CT molecular complexity index is 883. The highest BCUT2D eigenvalue weighted by Gasteiger charge is 2.46. The number of halogens is 3. The Balaban J connectivity index is 1.96. The van der Waals surface area contributed by atoms with Gasteiger partial charge in [-0.1, -0.05) is 48.5 Å². The predicted molar refractivity (Wildman–Crippen MR) is 98.5 cm³/mol. The Morgan fingerprint density at radius 3 is 2.32 bits per heavy atom. The maximum Gasteiger partial charge on any atom is 0.416 e. The van der Waals surface area contributed by atoms with E-state index < -0.39 is 35.6 Å². The molecule has 1 saturated heterocycles. The first-order valence-electron chi connectivity index (χ1n) is 8.95. The van der Waals surface area contributed by atoms with Crippen molar-refractivity contribution in [2.45, 2.75) is 38.0 Å². The van der Waals surface area contributed by atoms with Crippen molar-refractivity contribution in [1.29, 1.82) is 0 Å². The summed E-state index contributed by atoms with van der Waals surface area (Å²) in [6, 6.07) is 12.6. The van der Waals surface area contributed by atoms with Gasteiger partial charge in [0.2, 0.25) is 5.91 Å². The molecule has 4 nitrogen and oxygen atoms in total. The lowest BCUT2D eigenvalue weighted by molar-refractivity contribution is -0.138. The van der Waals surface area contributed by atoms with E-state index in [9.17, 15) is 22.8 Å². The number of amides is 3. The number of hydrogen-bond acceptors (Lipinski definition) is 2. The molecule has 1 heterocycles. The summed E-state index contributed by atoms with van der Waals surface area (Å²) in [5.74, 6) is -1.41. The van der Waals surface area contributed by atoms with E-state index in [1.54, 1.807) is 7.05 Å². The molecule has 0 bridgehead atoms. The number of likely N-dealkylation sites (N-methyl/N-ethyl adjacent to an activating group) is 1. The monoisotopic (exact) mass is 390 g/mol. The largest absolute Gasteiger partial charge is 0.416 e. The number of alkyl halides is 3. The zero-order valence-electron chi connectivity index (χ0n) is 15.8. The van der Waals surface area contributed by atoms with Crippen molar-refractivity contribution in [2.75, 3.05) is 7.05 Å². The van der Waals surface area contributed by atoms with Gasteiger partial charge in [0.15, 0.2) is 0 Å². The Labute approximate surface area is 161 Å². The summed E-state index contributed by atoms with van der Waals surface area (Å²) >= 11 is 0. The molecule has 1 aliphatic rings. The molecule has 1 aliphatic heterocycles. The molecule has 3 atom stereocenters. The molecule has 2 aromatic rings. The van der Waals surface area contributed by atoms with Gasteiger partial charge in [-0.3, -0.25) is 9.69 Å². The third-order valence-electron chi connectivity index (χ3n) is 5.32. The van der Waals surface area contributed by atoms with E-state index in [1.807, 2.05) is 37.3 Å². The Morgan fingerprint density at radius 1 is 1.07 bits per heavy atom. The molecular formula is C21H21F3N2O2. The molecule has 0 unspecified atom stereocenters. The van der Waals surface area contributed by atoms with E-state index in [2.05, 4.69) is 0 Å². The fraction of sp³-hybridized carbons (Fsp3) is 0.333. The number of urea groups is 1. The van der Waals surface area contributed by atoms with E-state index in [0.29, 0.717) is 0 Å². The lowest BCUT2D eigenvalue weighted by atomic mass is 9.95. The molecule has 28 heavy (non-hydrogen) atoms. The average Bonchev–Trinajstić information content (AvgIpc) is 2.91. The normalized spacial score (nSPS) is 21.1. The van der Waals surface area contributed by atoms with Crippen LogP contribution >= 0.6 is 0 Å². The second kappa shape index (κ2) is 7.30. The van der Waals surface area contributed by atoms with Crippen LogP contribution in [0.2, 0.25) is 0 Å². The summed E-state index contributed by atoms with van der Waals surface area (Å²) in [4.78, 5) is 28.6. The van der Waals surface area contributed by atoms with Crippen LogP contribution in [-0.2, 0) is 11.0 Å². The fourth-order valence-corrected chi connectivity index (χ4v) is 3.54. The van der Waals surface area contributed by atoms with Crippen molar-refractivity contribution < 1.29 is 22.8 Å². The van der Waals surface area contributed by atoms with E-state index in [1.165, 1.54) is 28.9 Å².